The molecule has 0 spiro atoms. The minimum atomic E-state index is -0.884. The van der Waals surface area contributed by atoms with Crippen LogP contribution in [0.5, 0.6) is 0 Å². The summed E-state index contributed by atoms with van der Waals surface area (Å²) in [6.45, 7) is 12.7. The van der Waals surface area contributed by atoms with E-state index < -0.39 is 29.5 Å². The number of aliphatic hydroxyl groups is 1. The smallest absolute Gasteiger partial charge is 0.246 e. The van der Waals surface area contributed by atoms with Gasteiger partial charge in [0, 0.05) is 52.2 Å². The number of β-amino-alcohol motifs (C(OH)–C–C–N with tert-alkyl or cyclic N) is 1. The maximum Gasteiger partial charge on any atom is 0.246 e. The minimum absolute atomic E-state index is 0.0312. The van der Waals surface area contributed by atoms with Crippen LogP contribution in [0.3, 0.4) is 0 Å². The van der Waals surface area contributed by atoms with E-state index in [-0.39, 0.29) is 31.4 Å². The largest absolute Gasteiger partial charge is 0.391 e. The van der Waals surface area contributed by atoms with Crippen LogP contribution in [0.2, 0.25) is 0 Å². The van der Waals surface area contributed by atoms with Crippen molar-refractivity contribution >= 4 is 29.1 Å². The summed E-state index contributed by atoms with van der Waals surface area (Å²) in [6, 6.07) is 6.20. The molecule has 0 saturated carbocycles. The number of piperazine rings is 1. The molecule has 11 nitrogen and oxygen atoms in total. The number of benzene rings is 1. The Morgan fingerprint density at radius 1 is 1.19 bits per heavy atom. The molecule has 2 aromatic rings. The van der Waals surface area contributed by atoms with Gasteiger partial charge in [0.05, 0.1) is 28.8 Å². The van der Waals surface area contributed by atoms with Crippen LogP contribution in [-0.4, -0.2) is 108 Å². The van der Waals surface area contributed by atoms with Crippen molar-refractivity contribution in [3.05, 3.63) is 41.0 Å². The second-order valence-electron chi connectivity index (χ2n) is 12.1. The van der Waals surface area contributed by atoms with Crippen molar-refractivity contribution < 1.29 is 24.2 Å². The third-order valence-corrected chi connectivity index (χ3v) is 8.68. The summed E-state index contributed by atoms with van der Waals surface area (Å²) < 4.78 is 5.60. The van der Waals surface area contributed by atoms with Crippen LogP contribution in [0.1, 0.15) is 38.4 Å². The Hall–Kier alpha value is -2.90. The summed E-state index contributed by atoms with van der Waals surface area (Å²) in [4.78, 5) is 48.8. The number of carbonyl (C=O) groups is 3. The lowest BCUT2D eigenvalue weighted by Gasteiger charge is -2.35. The zero-order valence-corrected chi connectivity index (χ0v) is 25.8. The van der Waals surface area contributed by atoms with Gasteiger partial charge in [-0.1, -0.05) is 45.0 Å². The van der Waals surface area contributed by atoms with Crippen molar-refractivity contribution in [3.63, 3.8) is 0 Å². The monoisotopic (exact) mass is 600 g/mol. The fourth-order valence-corrected chi connectivity index (χ4v) is 6.09. The number of aliphatic hydroxyl groups excluding tert-OH is 1. The predicted molar refractivity (Wildman–Crippen MR) is 162 cm³/mol. The van der Waals surface area contributed by atoms with E-state index in [2.05, 4.69) is 25.8 Å². The average Bonchev–Trinajstić information content (AvgIpc) is 3.58. The van der Waals surface area contributed by atoms with E-state index in [1.54, 1.807) is 11.3 Å². The Morgan fingerprint density at radius 2 is 1.90 bits per heavy atom. The highest BCUT2D eigenvalue weighted by Crippen LogP contribution is 2.28. The van der Waals surface area contributed by atoms with E-state index >= 15 is 0 Å². The minimum Gasteiger partial charge on any atom is -0.391 e. The van der Waals surface area contributed by atoms with Crippen LogP contribution in [0.25, 0.3) is 10.4 Å². The van der Waals surface area contributed by atoms with E-state index in [4.69, 9.17) is 4.74 Å². The normalized spacial score (nSPS) is 20.4. The molecule has 0 bridgehead atoms. The lowest BCUT2D eigenvalue weighted by atomic mass is 9.85. The molecule has 2 fully saturated rings. The Balaban J connectivity index is 1.31. The maximum absolute atomic E-state index is 13.7. The molecule has 4 rings (SSSR count). The first kappa shape index (κ1) is 32.0. The van der Waals surface area contributed by atoms with Crippen molar-refractivity contribution in [2.45, 2.75) is 58.8 Å². The number of carbonyl (C=O) groups excluding carboxylic acids is 3. The van der Waals surface area contributed by atoms with Crippen molar-refractivity contribution in [1.82, 2.24) is 30.7 Å². The number of rotatable bonds is 11. The van der Waals surface area contributed by atoms with Gasteiger partial charge in [0.25, 0.3) is 0 Å². The van der Waals surface area contributed by atoms with Crippen molar-refractivity contribution in [3.8, 4) is 10.4 Å². The van der Waals surface area contributed by atoms with Gasteiger partial charge in [0.2, 0.25) is 17.7 Å². The number of likely N-dealkylation sites (tertiary alicyclic amines) is 1. The van der Waals surface area contributed by atoms with Crippen molar-refractivity contribution in [1.29, 1.82) is 0 Å². The number of nitrogens with one attached hydrogen (secondary N) is 3. The number of ether oxygens (including phenoxy) is 1. The Labute approximate surface area is 252 Å². The molecule has 0 radical (unpaired) electrons. The zero-order valence-electron chi connectivity index (χ0n) is 25.0. The highest BCUT2D eigenvalue weighted by Gasteiger charge is 2.44. The van der Waals surface area contributed by atoms with Crippen LogP contribution in [-0.2, 0) is 25.7 Å². The maximum atomic E-state index is 13.7. The second kappa shape index (κ2) is 14.5. The first-order valence-electron chi connectivity index (χ1n) is 14.6. The van der Waals surface area contributed by atoms with Gasteiger partial charge in [-0.15, -0.1) is 11.3 Å². The number of aromatic nitrogens is 1. The van der Waals surface area contributed by atoms with Gasteiger partial charge in [-0.3, -0.25) is 19.3 Å². The standard InChI is InChI=1S/C30H44N6O5S/c1-20-26(42-19-33-20)22-7-5-21(6-8-22)16-32-28(39)24-15-23(37)17-36(24)29(40)27(30(2,3)4)34-25(38)18-41-14-13-35-11-9-31-10-12-35/h5-8,19,23-24,27,31,37H,9-18H2,1-4H3,(H,32,39)(H,34,38)/t23-,24+,27?/m1/s1. The van der Waals surface area contributed by atoms with Crippen molar-refractivity contribution in [2.24, 2.45) is 5.41 Å². The fourth-order valence-electron chi connectivity index (χ4n) is 5.28. The Morgan fingerprint density at radius 3 is 2.55 bits per heavy atom. The highest BCUT2D eigenvalue weighted by atomic mass is 32.1. The SMILES string of the molecule is Cc1ncsc1-c1ccc(CNC(=O)[C@@H]2C[C@@H](O)CN2C(=O)C(NC(=O)COCCN2CCNCC2)C(C)(C)C)cc1. The van der Waals surface area contributed by atoms with Gasteiger partial charge in [-0.25, -0.2) is 4.98 Å². The number of hydrogen-bond donors (Lipinski definition) is 4. The first-order valence-corrected chi connectivity index (χ1v) is 15.5. The molecule has 2 aliphatic rings. The summed E-state index contributed by atoms with van der Waals surface area (Å²) in [5, 5.41) is 19.5. The van der Waals surface area contributed by atoms with E-state index in [1.807, 2.05) is 57.5 Å². The van der Waals surface area contributed by atoms with Crippen LogP contribution >= 0.6 is 11.3 Å². The summed E-state index contributed by atoms with van der Waals surface area (Å²) >= 11 is 1.59. The molecule has 2 aliphatic heterocycles. The van der Waals surface area contributed by atoms with Crippen molar-refractivity contribution in [2.75, 3.05) is 52.5 Å². The molecule has 1 aromatic carbocycles. The van der Waals surface area contributed by atoms with Crippen LogP contribution in [0.15, 0.2) is 29.8 Å². The topological polar surface area (TPSA) is 136 Å². The summed E-state index contributed by atoms with van der Waals surface area (Å²) in [7, 11) is 0. The molecule has 3 amide bonds. The molecular weight excluding hydrogens is 556 g/mol. The van der Waals surface area contributed by atoms with E-state index in [0.717, 1.165) is 54.4 Å². The molecule has 1 aromatic heterocycles. The quantitative estimate of drug-likeness (QED) is 0.282. The van der Waals surface area contributed by atoms with Gasteiger partial charge >= 0.3 is 0 Å². The Kier molecular flexibility index (Phi) is 11.1. The molecule has 4 N–H and O–H groups in total. The van der Waals surface area contributed by atoms with Gasteiger partial charge in [0.1, 0.15) is 18.7 Å². The van der Waals surface area contributed by atoms with Gasteiger partial charge in [0.15, 0.2) is 0 Å². The van der Waals surface area contributed by atoms with Crippen LogP contribution in [0, 0.1) is 12.3 Å². The molecule has 0 aliphatic carbocycles. The zero-order chi connectivity index (χ0) is 30.3. The molecule has 3 heterocycles. The summed E-state index contributed by atoms with van der Waals surface area (Å²) in [5.74, 6) is -1.11. The van der Waals surface area contributed by atoms with E-state index in [1.165, 1.54) is 4.90 Å². The van der Waals surface area contributed by atoms with Gasteiger partial charge in [-0.2, -0.15) is 0 Å². The molecule has 230 valence electrons. The third kappa shape index (κ3) is 8.57. The molecular formula is C30H44N6O5S. The van der Waals surface area contributed by atoms with Gasteiger partial charge in [-0.05, 0) is 23.5 Å². The molecule has 12 heteroatoms. The highest BCUT2D eigenvalue weighted by molar-refractivity contribution is 7.13. The average molecular weight is 601 g/mol. The van der Waals surface area contributed by atoms with E-state index in [0.29, 0.717) is 13.2 Å². The number of thiazole rings is 1. The lowest BCUT2D eigenvalue weighted by molar-refractivity contribution is -0.144. The molecule has 1 unspecified atom stereocenters. The van der Waals surface area contributed by atoms with Gasteiger partial charge < -0.3 is 30.7 Å². The summed E-state index contributed by atoms with van der Waals surface area (Å²) in [6.07, 6.45) is -0.683. The number of aryl methyl sites for hydroxylation is 1. The lowest BCUT2D eigenvalue weighted by Crippen LogP contribution is -2.58. The fraction of sp³-hybridized carbons (Fsp3) is 0.600. The number of hydrogen-bond acceptors (Lipinski definition) is 9. The third-order valence-electron chi connectivity index (χ3n) is 7.71. The van der Waals surface area contributed by atoms with Crippen LogP contribution < -0.4 is 16.0 Å². The Bertz CT molecular complexity index is 1210. The molecule has 2 saturated heterocycles. The van der Waals surface area contributed by atoms with E-state index in [9.17, 15) is 19.5 Å². The number of amides is 3. The molecule has 42 heavy (non-hydrogen) atoms. The second-order valence-corrected chi connectivity index (χ2v) is 12.9. The summed E-state index contributed by atoms with van der Waals surface area (Å²) in [5.41, 5.74) is 4.17. The van der Waals surface area contributed by atoms with Crippen LogP contribution in [0.4, 0.5) is 0 Å². The first-order chi connectivity index (χ1) is 20.0. The molecule has 3 atom stereocenters. The number of nitrogens with zero attached hydrogens (tertiary/aromatic N) is 3. The predicted octanol–water partition coefficient (Wildman–Crippen LogP) is 1.15.